The standard InChI is InChI=1S/C13H12ClNO/c14-11-6-5-9(12(15)8-11)7-10-3-1-2-4-13(10)16/h1-6,8,16H,7,15H2. The molecule has 0 atom stereocenters. The molecule has 0 aliphatic rings. The van der Waals surface area contributed by atoms with Crippen LogP contribution in [-0.2, 0) is 6.42 Å². The number of aromatic hydroxyl groups is 1. The molecule has 0 saturated heterocycles. The van der Waals surface area contributed by atoms with E-state index in [1.165, 1.54) is 0 Å². The average molecular weight is 234 g/mol. The van der Waals surface area contributed by atoms with E-state index in [-0.39, 0.29) is 5.75 Å². The van der Waals surface area contributed by atoms with E-state index in [0.717, 1.165) is 11.1 Å². The Morgan fingerprint density at radius 1 is 1.06 bits per heavy atom. The zero-order valence-electron chi connectivity index (χ0n) is 8.65. The Bertz CT molecular complexity index is 511. The number of halogens is 1. The van der Waals surface area contributed by atoms with Crippen LogP contribution in [0.1, 0.15) is 11.1 Å². The first-order chi connectivity index (χ1) is 7.66. The Balaban J connectivity index is 2.31. The molecule has 0 saturated carbocycles. The lowest BCUT2D eigenvalue weighted by Crippen LogP contribution is -1.95. The van der Waals surface area contributed by atoms with Crippen molar-refractivity contribution in [2.45, 2.75) is 6.42 Å². The number of benzene rings is 2. The summed E-state index contributed by atoms with van der Waals surface area (Å²) in [5.41, 5.74) is 8.32. The van der Waals surface area contributed by atoms with Crippen molar-refractivity contribution in [1.29, 1.82) is 0 Å². The molecule has 0 radical (unpaired) electrons. The Morgan fingerprint density at radius 3 is 2.50 bits per heavy atom. The zero-order chi connectivity index (χ0) is 11.5. The topological polar surface area (TPSA) is 46.2 Å². The van der Waals surface area contributed by atoms with E-state index in [2.05, 4.69) is 0 Å². The second-order valence-corrected chi connectivity index (χ2v) is 4.09. The maximum Gasteiger partial charge on any atom is 0.119 e. The summed E-state index contributed by atoms with van der Waals surface area (Å²) in [6, 6.07) is 12.6. The first kappa shape index (κ1) is 10.8. The summed E-state index contributed by atoms with van der Waals surface area (Å²) >= 11 is 5.82. The van der Waals surface area contributed by atoms with E-state index in [1.54, 1.807) is 24.3 Å². The molecule has 0 heterocycles. The van der Waals surface area contributed by atoms with Gasteiger partial charge in [-0.3, -0.25) is 0 Å². The van der Waals surface area contributed by atoms with Crippen LogP contribution in [0.15, 0.2) is 42.5 Å². The van der Waals surface area contributed by atoms with E-state index in [1.807, 2.05) is 18.2 Å². The molecule has 16 heavy (non-hydrogen) atoms. The van der Waals surface area contributed by atoms with Crippen LogP contribution >= 0.6 is 11.6 Å². The third-order valence-corrected chi connectivity index (χ3v) is 2.72. The molecule has 2 rings (SSSR count). The highest BCUT2D eigenvalue weighted by molar-refractivity contribution is 6.30. The number of nitrogens with two attached hydrogens (primary N) is 1. The highest BCUT2D eigenvalue weighted by Gasteiger charge is 2.04. The van der Waals surface area contributed by atoms with Crippen molar-refractivity contribution in [3.05, 3.63) is 58.6 Å². The lowest BCUT2D eigenvalue weighted by molar-refractivity contribution is 0.469. The molecule has 3 heteroatoms. The van der Waals surface area contributed by atoms with Crippen molar-refractivity contribution < 1.29 is 5.11 Å². The Morgan fingerprint density at radius 2 is 1.81 bits per heavy atom. The molecule has 82 valence electrons. The van der Waals surface area contributed by atoms with Crippen LogP contribution in [0.5, 0.6) is 5.75 Å². The van der Waals surface area contributed by atoms with Gasteiger partial charge in [-0.2, -0.15) is 0 Å². The highest BCUT2D eigenvalue weighted by Crippen LogP contribution is 2.24. The van der Waals surface area contributed by atoms with Gasteiger partial charge in [-0.15, -0.1) is 0 Å². The van der Waals surface area contributed by atoms with Gasteiger partial charge in [0.1, 0.15) is 5.75 Å². The zero-order valence-corrected chi connectivity index (χ0v) is 9.41. The van der Waals surface area contributed by atoms with Gasteiger partial charge in [0.05, 0.1) is 0 Å². The molecular formula is C13H12ClNO. The molecule has 0 unspecified atom stereocenters. The van der Waals surface area contributed by atoms with Gasteiger partial charge in [-0.1, -0.05) is 35.9 Å². The first-order valence-electron chi connectivity index (χ1n) is 4.97. The monoisotopic (exact) mass is 233 g/mol. The molecule has 2 aromatic rings. The van der Waals surface area contributed by atoms with Crippen LogP contribution < -0.4 is 5.73 Å². The third kappa shape index (κ3) is 2.28. The number of nitrogen functional groups attached to an aromatic ring is 1. The van der Waals surface area contributed by atoms with Crippen molar-refractivity contribution in [2.75, 3.05) is 5.73 Å². The summed E-state index contributed by atoms with van der Waals surface area (Å²) in [6.45, 7) is 0. The minimum atomic E-state index is 0.289. The molecule has 3 N–H and O–H groups in total. The molecule has 0 fully saturated rings. The van der Waals surface area contributed by atoms with Gasteiger partial charge in [0.2, 0.25) is 0 Å². The lowest BCUT2D eigenvalue weighted by atomic mass is 10.0. The van der Waals surface area contributed by atoms with Crippen LogP contribution in [-0.4, -0.2) is 5.11 Å². The van der Waals surface area contributed by atoms with Gasteiger partial charge in [0.25, 0.3) is 0 Å². The molecule has 0 aliphatic heterocycles. The fraction of sp³-hybridized carbons (Fsp3) is 0.0769. The third-order valence-electron chi connectivity index (χ3n) is 2.48. The van der Waals surface area contributed by atoms with Crippen LogP contribution in [0.3, 0.4) is 0 Å². The van der Waals surface area contributed by atoms with E-state index in [0.29, 0.717) is 17.1 Å². The fourth-order valence-corrected chi connectivity index (χ4v) is 1.77. The molecule has 0 aliphatic carbocycles. The predicted molar refractivity (Wildman–Crippen MR) is 66.8 cm³/mol. The number of para-hydroxylation sites is 1. The van der Waals surface area contributed by atoms with Crippen molar-refractivity contribution >= 4 is 17.3 Å². The van der Waals surface area contributed by atoms with E-state index < -0.39 is 0 Å². The van der Waals surface area contributed by atoms with Gasteiger partial charge in [-0.05, 0) is 29.3 Å². The molecule has 2 aromatic carbocycles. The second-order valence-electron chi connectivity index (χ2n) is 3.65. The number of hydrogen-bond donors (Lipinski definition) is 2. The number of phenolic OH excluding ortho intramolecular Hbond substituents is 1. The summed E-state index contributed by atoms with van der Waals surface area (Å²) in [7, 11) is 0. The van der Waals surface area contributed by atoms with Crippen LogP contribution in [0.25, 0.3) is 0 Å². The Labute approximate surface area is 99.3 Å². The number of rotatable bonds is 2. The van der Waals surface area contributed by atoms with Crippen molar-refractivity contribution in [2.24, 2.45) is 0 Å². The van der Waals surface area contributed by atoms with Crippen molar-refractivity contribution in [1.82, 2.24) is 0 Å². The van der Waals surface area contributed by atoms with E-state index in [9.17, 15) is 5.11 Å². The number of anilines is 1. The first-order valence-corrected chi connectivity index (χ1v) is 5.35. The van der Waals surface area contributed by atoms with Gasteiger partial charge in [-0.25, -0.2) is 0 Å². The Kier molecular flexibility index (Phi) is 3.02. The molecule has 0 aromatic heterocycles. The Hall–Kier alpha value is -1.67. The second kappa shape index (κ2) is 4.45. The molecule has 2 nitrogen and oxygen atoms in total. The maximum absolute atomic E-state index is 9.65. The SMILES string of the molecule is Nc1cc(Cl)ccc1Cc1ccccc1O. The highest BCUT2D eigenvalue weighted by atomic mass is 35.5. The van der Waals surface area contributed by atoms with Crippen LogP contribution in [0.2, 0.25) is 5.02 Å². The minimum Gasteiger partial charge on any atom is -0.508 e. The van der Waals surface area contributed by atoms with E-state index >= 15 is 0 Å². The normalized spacial score (nSPS) is 10.3. The van der Waals surface area contributed by atoms with Gasteiger partial charge < -0.3 is 10.8 Å². The van der Waals surface area contributed by atoms with Crippen molar-refractivity contribution in [3.63, 3.8) is 0 Å². The van der Waals surface area contributed by atoms with Gasteiger partial charge in [0.15, 0.2) is 0 Å². The quantitative estimate of drug-likeness (QED) is 0.783. The summed E-state index contributed by atoms with van der Waals surface area (Å²) in [5.74, 6) is 0.289. The maximum atomic E-state index is 9.65. The van der Waals surface area contributed by atoms with Gasteiger partial charge in [0, 0.05) is 17.1 Å². The van der Waals surface area contributed by atoms with Crippen molar-refractivity contribution in [3.8, 4) is 5.75 Å². The fourth-order valence-electron chi connectivity index (χ4n) is 1.59. The predicted octanol–water partition coefficient (Wildman–Crippen LogP) is 3.22. The number of hydrogen-bond acceptors (Lipinski definition) is 2. The number of phenols is 1. The molecule has 0 spiro atoms. The summed E-state index contributed by atoms with van der Waals surface area (Å²) in [5, 5.41) is 10.3. The van der Waals surface area contributed by atoms with Crippen LogP contribution in [0, 0.1) is 0 Å². The lowest BCUT2D eigenvalue weighted by Gasteiger charge is -2.07. The van der Waals surface area contributed by atoms with Crippen LogP contribution in [0.4, 0.5) is 5.69 Å². The van der Waals surface area contributed by atoms with E-state index in [4.69, 9.17) is 17.3 Å². The molecular weight excluding hydrogens is 222 g/mol. The summed E-state index contributed by atoms with van der Waals surface area (Å²) < 4.78 is 0. The average Bonchev–Trinajstić information content (AvgIpc) is 2.25. The summed E-state index contributed by atoms with van der Waals surface area (Å²) in [4.78, 5) is 0. The van der Waals surface area contributed by atoms with Gasteiger partial charge >= 0.3 is 0 Å². The largest absolute Gasteiger partial charge is 0.508 e. The minimum absolute atomic E-state index is 0.289. The summed E-state index contributed by atoms with van der Waals surface area (Å²) in [6.07, 6.45) is 0.607. The molecule has 0 bridgehead atoms. The molecule has 0 amide bonds. The smallest absolute Gasteiger partial charge is 0.119 e.